The quantitative estimate of drug-likeness (QED) is 0.477. The summed E-state index contributed by atoms with van der Waals surface area (Å²) in [5.41, 5.74) is 0.530. The lowest BCUT2D eigenvalue weighted by molar-refractivity contribution is -0.115. The van der Waals surface area contributed by atoms with Crippen LogP contribution in [0.25, 0.3) is 0 Å². The van der Waals surface area contributed by atoms with Crippen LogP contribution in [0.3, 0.4) is 0 Å². The molecule has 1 aromatic carbocycles. The molecule has 0 fully saturated rings. The molecular formula is C9H6Cl3NO2. The zero-order chi connectivity index (χ0) is 11.3. The minimum atomic E-state index is -0.627. The van der Waals surface area contributed by atoms with Crippen molar-refractivity contribution in [1.29, 1.82) is 0 Å². The summed E-state index contributed by atoms with van der Waals surface area (Å²) >= 11 is 16.7. The molecule has 0 heterocycles. The average molecular weight is 267 g/mol. The summed E-state index contributed by atoms with van der Waals surface area (Å²) in [7, 11) is 0. The highest BCUT2D eigenvalue weighted by molar-refractivity contribution is 6.63. The molecule has 0 aliphatic rings. The second-order valence-corrected chi connectivity index (χ2v) is 3.73. The highest BCUT2D eigenvalue weighted by atomic mass is 35.5. The molecule has 0 aromatic heterocycles. The zero-order valence-electron chi connectivity index (χ0n) is 7.41. The Hall–Kier alpha value is -0.770. The van der Waals surface area contributed by atoms with Gasteiger partial charge in [0.1, 0.15) is 0 Å². The van der Waals surface area contributed by atoms with Gasteiger partial charge in [-0.15, -0.1) is 0 Å². The Morgan fingerprint density at radius 3 is 2.53 bits per heavy atom. The summed E-state index contributed by atoms with van der Waals surface area (Å²) in [6.45, 7) is -0.292. The molecule has 1 rings (SSSR count). The molecule has 0 amide bonds. The molecule has 0 atom stereocenters. The minimum absolute atomic E-state index is 0.292. The number of halogens is 3. The lowest BCUT2D eigenvalue weighted by Crippen LogP contribution is -1.97. The molecule has 1 aromatic rings. The van der Waals surface area contributed by atoms with Crippen LogP contribution in [-0.2, 0) is 9.63 Å². The Morgan fingerprint density at radius 1 is 1.40 bits per heavy atom. The number of hydrogen-bond acceptors (Lipinski definition) is 3. The number of carbonyl (C=O) groups is 1. The molecule has 0 bridgehead atoms. The van der Waals surface area contributed by atoms with Gasteiger partial charge < -0.3 is 4.84 Å². The number of hydrogen-bond donors (Lipinski definition) is 0. The van der Waals surface area contributed by atoms with E-state index in [2.05, 4.69) is 9.99 Å². The van der Waals surface area contributed by atoms with Gasteiger partial charge in [-0.2, -0.15) is 0 Å². The summed E-state index contributed by atoms with van der Waals surface area (Å²) in [5.74, 6) is 0. The van der Waals surface area contributed by atoms with Crippen LogP contribution >= 0.6 is 34.8 Å². The molecular weight excluding hydrogens is 260 g/mol. The molecule has 0 aliphatic heterocycles. The van der Waals surface area contributed by atoms with Gasteiger partial charge in [0.2, 0.25) is 0 Å². The van der Waals surface area contributed by atoms with Crippen LogP contribution in [0.4, 0.5) is 0 Å². The van der Waals surface area contributed by atoms with Crippen LogP contribution in [0.15, 0.2) is 23.4 Å². The van der Waals surface area contributed by atoms with Gasteiger partial charge in [0.15, 0.2) is 6.61 Å². The van der Waals surface area contributed by atoms with Crippen LogP contribution in [-0.4, -0.2) is 18.1 Å². The number of oxime groups is 1. The Kier molecular flexibility index (Phi) is 4.88. The van der Waals surface area contributed by atoms with Crippen molar-refractivity contribution in [2.24, 2.45) is 5.16 Å². The number of nitrogens with zero attached hydrogens (tertiary/aromatic N) is 1. The second-order valence-electron chi connectivity index (χ2n) is 2.50. The molecule has 0 unspecified atom stereocenters. The van der Waals surface area contributed by atoms with E-state index in [9.17, 15) is 4.79 Å². The lowest BCUT2D eigenvalue weighted by Gasteiger charge is -1.99. The Labute approximate surface area is 102 Å². The van der Waals surface area contributed by atoms with Gasteiger partial charge >= 0.3 is 0 Å². The smallest absolute Gasteiger partial charge is 0.262 e. The molecule has 0 saturated carbocycles. The SMILES string of the molecule is O=C(Cl)CO/N=C/c1c(Cl)cccc1Cl. The van der Waals surface area contributed by atoms with Crippen molar-refractivity contribution in [3.63, 3.8) is 0 Å². The molecule has 3 nitrogen and oxygen atoms in total. The molecule has 6 heteroatoms. The van der Waals surface area contributed by atoms with Gasteiger partial charge in [-0.05, 0) is 23.7 Å². The van der Waals surface area contributed by atoms with E-state index >= 15 is 0 Å². The van der Waals surface area contributed by atoms with Crippen molar-refractivity contribution >= 4 is 46.3 Å². The fraction of sp³-hybridized carbons (Fsp3) is 0.111. The normalized spacial score (nSPS) is 10.6. The standard InChI is InChI=1S/C9H6Cl3NO2/c10-7-2-1-3-8(11)6(7)4-13-15-5-9(12)14/h1-4H,5H2/b13-4+. The van der Waals surface area contributed by atoms with Crippen molar-refractivity contribution in [2.45, 2.75) is 0 Å². The second kappa shape index (κ2) is 5.95. The van der Waals surface area contributed by atoms with Gasteiger partial charge in [0.25, 0.3) is 5.24 Å². The maximum Gasteiger partial charge on any atom is 0.262 e. The van der Waals surface area contributed by atoms with E-state index in [1.54, 1.807) is 18.2 Å². The fourth-order valence-electron chi connectivity index (χ4n) is 0.812. The average Bonchev–Trinajstić information content (AvgIpc) is 2.15. The predicted molar refractivity (Wildman–Crippen MR) is 60.9 cm³/mol. The van der Waals surface area contributed by atoms with Crippen molar-refractivity contribution in [2.75, 3.05) is 6.61 Å². The maximum absolute atomic E-state index is 10.3. The number of rotatable bonds is 4. The minimum Gasteiger partial charge on any atom is -0.386 e. The third kappa shape index (κ3) is 4.08. The molecule has 0 saturated heterocycles. The molecule has 0 N–H and O–H groups in total. The molecule has 15 heavy (non-hydrogen) atoms. The first-order valence-electron chi connectivity index (χ1n) is 3.89. The van der Waals surface area contributed by atoms with Crippen LogP contribution in [0.1, 0.15) is 5.56 Å². The summed E-state index contributed by atoms with van der Waals surface area (Å²) < 4.78 is 0. The highest BCUT2D eigenvalue weighted by Gasteiger charge is 2.02. The van der Waals surface area contributed by atoms with E-state index < -0.39 is 5.24 Å². The Bertz CT molecular complexity index is 373. The summed E-state index contributed by atoms with van der Waals surface area (Å²) in [4.78, 5) is 14.9. The third-order valence-corrected chi connectivity index (χ3v) is 2.20. The molecule has 0 spiro atoms. The van der Waals surface area contributed by atoms with Crippen molar-refractivity contribution in [3.05, 3.63) is 33.8 Å². The Morgan fingerprint density at radius 2 is 2.00 bits per heavy atom. The Balaban J connectivity index is 2.67. The van der Waals surface area contributed by atoms with Crippen LogP contribution < -0.4 is 0 Å². The van der Waals surface area contributed by atoms with Crippen LogP contribution in [0.5, 0.6) is 0 Å². The zero-order valence-corrected chi connectivity index (χ0v) is 9.68. The third-order valence-electron chi connectivity index (χ3n) is 1.43. The predicted octanol–water partition coefficient (Wildman–Crippen LogP) is 3.11. The summed E-state index contributed by atoms with van der Waals surface area (Å²) in [6, 6.07) is 5.05. The van der Waals surface area contributed by atoms with Gasteiger partial charge in [-0.1, -0.05) is 34.4 Å². The summed E-state index contributed by atoms with van der Waals surface area (Å²) in [6.07, 6.45) is 1.32. The topological polar surface area (TPSA) is 38.7 Å². The summed E-state index contributed by atoms with van der Waals surface area (Å²) in [5, 5.41) is 3.78. The van der Waals surface area contributed by atoms with E-state index in [1.165, 1.54) is 6.21 Å². The first kappa shape index (κ1) is 12.3. The van der Waals surface area contributed by atoms with E-state index in [4.69, 9.17) is 34.8 Å². The van der Waals surface area contributed by atoms with Crippen molar-refractivity contribution in [1.82, 2.24) is 0 Å². The van der Waals surface area contributed by atoms with Gasteiger partial charge in [-0.3, -0.25) is 4.79 Å². The van der Waals surface area contributed by atoms with E-state index in [0.717, 1.165) is 0 Å². The maximum atomic E-state index is 10.3. The van der Waals surface area contributed by atoms with E-state index in [1.807, 2.05) is 0 Å². The number of carbonyl (C=O) groups excluding carboxylic acids is 1. The van der Waals surface area contributed by atoms with Crippen molar-refractivity contribution in [3.8, 4) is 0 Å². The lowest BCUT2D eigenvalue weighted by atomic mass is 10.2. The van der Waals surface area contributed by atoms with E-state index in [-0.39, 0.29) is 6.61 Å². The molecule has 0 radical (unpaired) electrons. The van der Waals surface area contributed by atoms with Gasteiger partial charge in [0.05, 0.1) is 16.3 Å². The van der Waals surface area contributed by atoms with Crippen LogP contribution in [0, 0.1) is 0 Å². The first-order valence-corrected chi connectivity index (χ1v) is 5.02. The van der Waals surface area contributed by atoms with Crippen molar-refractivity contribution < 1.29 is 9.63 Å². The highest BCUT2D eigenvalue weighted by Crippen LogP contribution is 2.22. The van der Waals surface area contributed by atoms with E-state index in [0.29, 0.717) is 15.6 Å². The largest absolute Gasteiger partial charge is 0.386 e. The monoisotopic (exact) mass is 265 g/mol. The fourth-order valence-corrected chi connectivity index (χ4v) is 1.36. The van der Waals surface area contributed by atoms with Crippen LogP contribution in [0.2, 0.25) is 10.0 Å². The van der Waals surface area contributed by atoms with Gasteiger partial charge in [-0.25, -0.2) is 0 Å². The molecule has 0 aliphatic carbocycles. The molecule has 80 valence electrons. The number of benzene rings is 1. The first-order chi connectivity index (χ1) is 7.11. The van der Waals surface area contributed by atoms with Gasteiger partial charge in [0, 0.05) is 5.56 Å².